The highest BCUT2D eigenvalue weighted by atomic mass is 32.2. The van der Waals surface area contributed by atoms with Gasteiger partial charge in [0.2, 0.25) is 10.0 Å². The number of hydrogen-bond donors (Lipinski definition) is 0. The fourth-order valence-corrected chi connectivity index (χ4v) is 5.72. The normalized spacial score (nSPS) is 18.5. The van der Waals surface area contributed by atoms with Crippen molar-refractivity contribution in [3.05, 3.63) is 34.9 Å². The minimum absolute atomic E-state index is 0.0376. The molecule has 1 aromatic rings. The van der Waals surface area contributed by atoms with Crippen molar-refractivity contribution >= 4 is 22.0 Å². The standard InChI is InChI=1S/C22H32N2O3S/c1-15(2)24(16(3)4)22(25)20-12-18-6-7-21(14-19(18)13-20)28(26,27)23-10-8-17(5)9-11-23/h6-7,13-17H,8-12H2,1-5H3. The SMILES string of the molecule is CC1CCN(S(=O)(=O)c2ccc3c(c2)C=C(C(=O)N(C(C)C)C(C)C)C3)CC1. The molecule has 1 aliphatic heterocycles. The van der Waals surface area contributed by atoms with Gasteiger partial charge in [-0.3, -0.25) is 4.79 Å². The fourth-order valence-electron chi connectivity index (χ4n) is 4.22. The molecule has 1 aromatic carbocycles. The number of sulfonamides is 1. The Labute approximate surface area is 169 Å². The van der Waals surface area contributed by atoms with E-state index >= 15 is 0 Å². The number of fused-ring (bicyclic) bond motifs is 1. The Kier molecular flexibility index (Phi) is 6.01. The molecular formula is C22H32N2O3S. The van der Waals surface area contributed by atoms with Gasteiger partial charge in [-0.05, 0) is 75.8 Å². The zero-order valence-electron chi connectivity index (χ0n) is 17.6. The van der Waals surface area contributed by atoms with Crippen molar-refractivity contribution in [3.8, 4) is 0 Å². The highest BCUT2D eigenvalue weighted by Crippen LogP contribution is 2.31. The average Bonchev–Trinajstić information content (AvgIpc) is 3.04. The van der Waals surface area contributed by atoms with Crippen molar-refractivity contribution in [2.45, 2.75) is 70.9 Å². The molecular weight excluding hydrogens is 372 g/mol. The van der Waals surface area contributed by atoms with Crippen LogP contribution in [-0.4, -0.2) is 48.7 Å². The number of carbonyl (C=O) groups excluding carboxylic acids is 1. The summed E-state index contributed by atoms with van der Waals surface area (Å²) in [5.41, 5.74) is 2.60. The van der Waals surface area contributed by atoms with E-state index in [0.717, 1.165) is 29.5 Å². The first kappa shape index (κ1) is 21.1. The molecule has 3 rings (SSSR count). The molecule has 5 nitrogen and oxygen atoms in total. The summed E-state index contributed by atoms with van der Waals surface area (Å²) < 4.78 is 27.6. The zero-order chi connectivity index (χ0) is 20.6. The van der Waals surface area contributed by atoms with Gasteiger partial charge in [0.25, 0.3) is 5.91 Å². The van der Waals surface area contributed by atoms with Crippen LogP contribution in [0.5, 0.6) is 0 Å². The van der Waals surface area contributed by atoms with Crippen LogP contribution in [0.25, 0.3) is 6.08 Å². The van der Waals surface area contributed by atoms with Crippen LogP contribution in [0.15, 0.2) is 28.7 Å². The van der Waals surface area contributed by atoms with Gasteiger partial charge >= 0.3 is 0 Å². The van der Waals surface area contributed by atoms with Gasteiger partial charge in [-0.1, -0.05) is 13.0 Å². The van der Waals surface area contributed by atoms with E-state index in [1.165, 1.54) is 0 Å². The van der Waals surface area contributed by atoms with E-state index < -0.39 is 10.0 Å². The lowest BCUT2D eigenvalue weighted by Crippen LogP contribution is -2.42. The van der Waals surface area contributed by atoms with Gasteiger partial charge in [-0.15, -0.1) is 0 Å². The number of nitrogens with zero attached hydrogens (tertiary/aromatic N) is 2. The van der Waals surface area contributed by atoms with Gasteiger partial charge in [-0.2, -0.15) is 4.31 Å². The van der Waals surface area contributed by atoms with E-state index in [2.05, 4.69) is 6.92 Å². The monoisotopic (exact) mass is 404 g/mol. The Hall–Kier alpha value is -1.66. The largest absolute Gasteiger partial charge is 0.334 e. The number of benzene rings is 1. The van der Waals surface area contributed by atoms with E-state index in [0.29, 0.717) is 30.3 Å². The van der Waals surface area contributed by atoms with Crippen molar-refractivity contribution in [1.29, 1.82) is 0 Å². The molecule has 0 radical (unpaired) electrons. The zero-order valence-corrected chi connectivity index (χ0v) is 18.4. The van der Waals surface area contributed by atoms with Crippen LogP contribution in [0.3, 0.4) is 0 Å². The summed E-state index contributed by atoms with van der Waals surface area (Å²) in [7, 11) is -3.48. The molecule has 154 valence electrons. The second-order valence-corrected chi connectivity index (χ2v) is 10.6. The fraction of sp³-hybridized carbons (Fsp3) is 0.591. The smallest absolute Gasteiger partial charge is 0.250 e. The summed E-state index contributed by atoms with van der Waals surface area (Å²) in [6.45, 7) is 11.4. The third kappa shape index (κ3) is 4.03. The molecule has 0 N–H and O–H groups in total. The number of hydrogen-bond acceptors (Lipinski definition) is 3. The molecule has 1 aliphatic carbocycles. The number of piperidine rings is 1. The van der Waals surface area contributed by atoms with Crippen LogP contribution < -0.4 is 0 Å². The summed E-state index contributed by atoms with van der Waals surface area (Å²) in [5.74, 6) is 0.614. The summed E-state index contributed by atoms with van der Waals surface area (Å²) in [4.78, 5) is 15.2. The average molecular weight is 405 g/mol. The summed E-state index contributed by atoms with van der Waals surface area (Å²) in [6, 6.07) is 5.53. The first-order chi connectivity index (χ1) is 13.1. The van der Waals surface area contributed by atoms with Crippen LogP contribution in [0.2, 0.25) is 0 Å². The molecule has 1 amide bonds. The predicted molar refractivity (Wildman–Crippen MR) is 112 cm³/mol. The van der Waals surface area contributed by atoms with Crippen LogP contribution >= 0.6 is 0 Å². The minimum Gasteiger partial charge on any atom is -0.334 e. The molecule has 1 saturated heterocycles. The second kappa shape index (κ2) is 7.99. The van der Waals surface area contributed by atoms with Crippen molar-refractivity contribution < 1.29 is 13.2 Å². The third-order valence-electron chi connectivity index (χ3n) is 5.83. The highest BCUT2D eigenvalue weighted by Gasteiger charge is 2.30. The van der Waals surface area contributed by atoms with Gasteiger partial charge < -0.3 is 4.90 Å². The molecule has 0 atom stereocenters. The Balaban J connectivity index is 1.85. The first-order valence-electron chi connectivity index (χ1n) is 10.3. The van der Waals surface area contributed by atoms with Crippen LogP contribution in [0, 0.1) is 5.92 Å². The lowest BCUT2D eigenvalue weighted by Gasteiger charge is -2.31. The topological polar surface area (TPSA) is 57.7 Å². The molecule has 0 spiro atoms. The van der Waals surface area contributed by atoms with Crippen molar-refractivity contribution in [2.75, 3.05) is 13.1 Å². The molecule has 1 heterocycles. The number of carbonyl (C=O) groups is 1. The summed E-state index contributed by atoms with van der Waals surface area (Å²) >= 11 is 0. The van der Waals surface area contributed by atoms with Gasteiger partial charge in [0.05, 0.1) is 4.90 Å². The Bertz CT molecular complexity index is 871. The van der Waals surface area contributed by atoms with Crippen molar-refractivity contribution in [3.63, 3.8) is 0 Å². The maximum absolute atomic E-state index is 13.0. The number of amides is 1. The maximum atomic E-state index is 13.0. The van der Waals surface area contributed by atoms with E-state index in [1.54, 1.807) is 16.4 Å². The lowest BCUT2D eigenvalue weighted by atomic mass is 10.0. The molecule has 1 fully saturated rings. The van der Waals surface area contributed by atoms with Gasteiger partial charge in [0, 0.05) is 37.2 Å². The lowest BCUT2D eigenvalue weighted by molar-refractivity contribution is -0.130. The van der Waals surface area contributed by atoms with Crippen molar-refractivity contribution in [1.82, 2.24) is 9.21 Å². The van der Waals surface area contributed by atoms with E-state index in [-0.39, 0.29) is 18.0 Å². The highest BCUT2D eigenvalue weighted by molar-refractivity contribution is 7.89. The van der Waals surface area contributed by atoms with E-state index in [4.69, 9.17) is 0 Å². The predicted octanol–water partition coefficient (Wildman–Crippen LogP) is 3.69. The van der Waals surface area contributed by atoms with Gasteiger partial charge in [0.15, 0.2) is 0 Å². The van der Waals surface area contributed by atoms with Gasteiger partial charge in [0.1, 0.15) is 0 Å². The quantitative estimate of drug-likeness (QED) is 0.752. The van der Waals surface area contributed by atoms with Crippen molar-refractivity contribution in [2.24, 2.45) is 5.92 Å². The molecule has 6 heteroatoms. The Morgan fingerprint density at radius 3 is 2.29 bits per heavy atom. The molecule has 0 unspecified atom stereocenters. The minimum atomic E-state index is -3.48. The van der Waals surface area contributed by atoms with Crippen LogP contribution in [-0.2, 0) is 21.2 Å². The van der Waals surface area contributed by atoms with Crippen LogP contribution in [0.1, 0.15) is 58.6 Å². The Morgan fingerprint density at radius 2 is 1.71 bits per heavy atom. The van der Waals surface area contributed by atoms with Crippen LogP contribution in [0.4, 0.5) is 0 Å². The first-order valence-corrected chi connectivity index (χ1v) is 11.7. The van der Waals surface area contributed by atoms with E-state index in [1.807, 2.05) is 44.7 Å². The third-order valence-corrected chi connectivity index (χ3v) is 7.72. The summed E-state index contributed by atoms with van der Waals surface area (Å²) in [6.07, 6.45) is 4.24. The molecule has 0 saturated carbocycles. The Morgan fingerprint density at radius 1 is 1.11 bits per heavy atom. The number of rotatable bonds is 5. The second-order valence-electron chi connectivity index (χ2n) is 8.69. The molecule has 28 heavy (non-hydrogen) atoms. The van der Waals surface area contributed by atoms with Gasteiger partial charge in [-0.25, -0.2) is 8.42 Å². The summed E-state index contributed by atoms with van der Waals surface area (Å²) in [5, 5.41) is 0. The molecule has 0 aromatic heterocycles. The van der Waals surface area contributed by atoms with E-state index in [9.17, 15) is 13.2 Å². The maximum Gasteiger partial charge on any atom is 0.250 e. The molecule has 0 bridgehead atoms. The molecule has 2 aliphatic rings.